The van der Waals surface area contributed by atoms with E-state index in [1.807, 2.05) is 16.0 Å². The van der Waals surface area contributed by atoms with Crippen LogP contribution in [-0.2, 0) is 4.74 Å². The van der Waals surface area contributed by atoms with Crippen molar-refractivity contribution in [1.82, 2.24) is 19.5 Å². The molecule has 6 nitrogen and oxygen atoms in total. The molecule has 0 spiro atoms. The predicted molar refractivity (Wildman–Crippen MR) is 78.9 cm³/mol. The standard InChI is InChI=1S/C14H14N4O2S/c19-5-10-1-2-11(20-10)18-8-17-13-12(9-3-4-21-6-9)15-7-16-14(13)18/h3-4,6-8,10-11,19H,1-2,5H2. The van der Waals surface area contributed by atoms with Gasteiger partial charge in [0.1, 0.15) is 23.8 Å². The van der Waals surface area contributed by atoms with Gasteiger partial charge in [0, 0.05) is 10.9 Å². The van der Waals surface area contributed by atoms with Gasteiger partial charge >= 0.3 is 0 Å². The van der Waals surface area contributed by atoms with E-state index >= 15 is 0 Å². The van der Waals surface area contributed by atoms with Crippen molar-refractivity contribution >= 4 is 22.5 Å². The Morgan fingerprint density at radius 1 is 1.33 bits per heavy atom. The van der Waals surface area contributed by atoms with Crippen molar-refractivity contribution in [3.05, 3.63) is 29.5 Å². The minimum atomic E-state index is -0.114. The second-order valence-electron chi connectivity index (χ2n) is 5.03. The molecule has 0 radical (unpaired) electrons. The summed E-state index contributed by atoms with van der Waals surface area (Å²) >= 11 is 1.63. The molecule has 0 aliphatic carbocycles. The fourth-order valence-electron chi connectivity index (χ4n) is 2.70. The van der Waals surface area contributed by atoms with Crippen LogP contribution in [0.2, 0.25) is 0 Å². The number of rotatable bonds is 3. The molecule has 1 N–H and O–H groups in total. The summed E-state index contributed by atoms with van der Waals surface area (Å²) < 4.78 is 7.74. The van der Waals surface area contributed by atoms with E-state index in [9.17, 15) is 5.11 Å². The lowest BCUT2D eigenvalue weighted by Gasteiger charge is -2.13. The Balaban J connectivity index is 1.78. The molecule has 1 fully saturated rings. The van der Waals surface area contributed by atoms with Gasteiger partial charge in [0.05, 0.1) is 19.0 Å². The lowest BCUT2D eigenvalue weighted by atomic mass is 10.2. The van der Waals surface area contributed by atoms with Crippen molar-refractivity contribution < 1.29 is 9.84 Å². The predicted octanol–water partition coefficient (Wildman–Crippen LogP) is 2.22. The minimum absolute atomic E-state index is 0.0538. The number of fused-ring (bicyclic) bond motifs is 1. The first-order valence-electron chi connectivity index (χ1n) is 6.83. The van der Waals surface area contributed by atoms with Crippen molar-refractivity contribution in [2.45, 2.75) is 25.2 Å². The van der Waals surface area contributed by atoms with E-state index in [1.165, 1.54) is 0 Å². The van der Waals surface area contributed by atoms with Crippen molar-refractivity contribution in [3.8, 4) is 11.3 Å². The number of imidazole rings is 1. The summed E-state index contributed by atoms with van der Waals surface area (Å²) in [5.41, 5.74) is 3.46. The molecule has 0 saturated carbocycles. The Morgan fingerprint density at radius 2 is 2.29 bits per heavy atom. The Hall–Kier alpha value is -1.83. The average Bonchev–Trinajstić information content (AvgIpc) is 3.25. The van der Waals surface area contributed by atoms with Crippen LogP contribution >= 0.6 is 11.3 Å². The number of nitrogens with zero attached hydrogens (tertiary/aromatic N) is 4. The largest absolute Gasteiger partial charge is 0.394 e. The molecule has 0 amide bonds. The normalized spacial score (nSPS) is 22.1. The van der Waals surface area contributed by atoms with Gasteiger partial charge in [-0.25, -0.2) is 15.0 Å². The van der Waals surface area contributed by atoms with Crippen molar-refractivity contribution in [3.63, 3.8) is 0 Å². The molecule has 0 aromatic carbocycles. The van der Waals surface area contributed by atoms with Crippen LogP contribution in [0.4, 0.5) is 0 Å². The maximum Gasteiger partial charge on any atom is 0.165 e. The Kier molecular flexibility index (Phi) is 3.17. The lowest BCUT2D eigenvalue weighted by molar-refractivity contribution is -0.0207. The third kappa shape index (κ3) is 2.14. The first-order valence-corrected chi connectivity index (χ1v) is 7.77. The summed E-state index contributed by atoms with van der Waals surface area (Å²) in [5, 5.41) is 13.3. The quantitative estimate of drug-likeness (QED) is 0.803. The van der Waals surface area contributed by atoms with E-state index in [0.717, 1.165) is 35.3 Å². The number of ether oxygens (including phenoxy) is 1. The van der Waals surface area contributed by atoms with Gasteiger partial charge < -0.3 is 9.84 Å². The zero-order chi connectivity index (χ0) is 14.2. The molecule has 4 rings (SSSR count). The van der Waals surface area contributed by atoms with Gasteiger partial charge in [0.2, 0.25) is 0 Å². The second-order valence-corrected chi connectivity index (χ2v) is 5.81. The van der Waals surface area contributed by atoms with Gasteiger partial charge in [-0.3, -0.25) is 4.57 Å². The van der Waals surface area contributed by atoms with Crippen LogP contribution in [0.15, 0.2) is 29.5 Å². The second kappa shape index (κ2) is 5.18. The number of aliphatic hydroxyl groups excluding tert-OH is 1. The van der Waals surface area contributed by atoms with Crippen molar-refractivity contribution in [1.29, 1.82) is 0 Å². The van der Waals surface area contributed by atoms with Gasteiger partial charge in [-0.15, -0.1) is 0 Å². The smallest absolute Gasteiger partial charge is 0.165 e. The van der Waals surface area contributed by atoms with Crippen LogP contribution in [0.25, 0.3) is 22.4 Å². The molecule has 108 valence electrons. The molecule has 2 unspecified atom stereocenters. The molecule has 0 bridgehead atoms. The SMILES string of the molecule is OCC1CCC(n2cnc3c(-c4ccsc4)ncnc32)O1. The van der Waals surface area contributed by atoms with Gasteiger partial charge in [-0.2, -0.15) is 11.3 Å². The first-order chi connectivity index (χ1) is 10.4. The summed E-state index contributed by atoms with van der Waals surface area (Å²) in [6, 6.07) is 2.03. The summed E-state index contributed by atoms with van der Waals surface area (Å²) in [5.74, 6) is 0. The van der Waals surface area contributed by atoms with Gasteiger partial charge in [-0.1, -0.05) is 0 Å². The van der Waals surface area contributed by atoms with Crippen LogP contribution in [0, 0.1) is 0 Å². The zero-order valence-corrected chi connectivity index (χ0v) is 12.0. The fraction of sp³-hybridized carbons (Fsp3) is 0.357. The van der Waals surface area contributed by atoms with Crippen LogP contribution in [0.1, 0.15) is 19.1 Å². The first kappa shape index (κ1) is 12.9. The average molecular weight is 302 g/mol. The van der Waals surface area contributed by atoms with Crippen LogP contribution in [-0.4, -0.2) is 37.3 Å². The number of thiophene rings is 1. The van der Waals surface area contributed by atoms with E-state index in [-0.39, 0.29) is 18.9 Å². The van der Waals surface area contributed by atoms with Crippen LogP contribution < -0.4 is 0 Å². The highest BCUT2D eigenvalue weighted by Gasteiger charge is 2.27. The summed E-state index contributed by atoms with van der Waals surface area (Å²) in [6.45, 7) is 0.0538. The third-order valence-electron chi connectivity index (χ3n) is 3.75. The topological polar surface area (TPSA) is 73.1 Å². The molecule has 21 heavy (non-hydrogen) atoms. The highest BCUT2D eigenvalue weighted by molar-refractivity contribution is 7.08. The van der Waals surface area contributed by atoms with E-state index in [2.05, 4.69) is 20.3 Å². The summed E-state index contributed by atoms with van der Waals surface area (Å²) in [6.07, 6.45) is 4.81. The molecule has 1 aliphatic rings. The molecule has 2 atom stereocenters. The number of aliphatic hydroxyl groups is 1. The highest BCUT2D eigenvalue weighted by Crippen LogP contribution is 2.32. The summed E-state index contributed by atoms with van der Waals surface area (Å²) in [7, 11) is 0. The molecule has 3 aromatic heterocycles. The van der Waals surface area contributed by atoms with E-state index < -0.39 is 0 Å². The molecule has 4 heterocycles. The Labute approximate surface area is 125 Å². The number of hydrogen-bond acceptors (Lipinski definition) is 6. The van der Waals surface area contributed by atoms with E-state index in [1.54, 1.807) is 24.0 Å². The fourth-order valence-corrected chi connectivity index (χ4v) is 3.34. The molecule has 1 aliphatic heterocycles. The number of hydrogen-bond donors (Lipinski definition) is 1. The van der Waals surface area contributed by atoms with E-state index in [4.69, 9.17) is 4.74 Å². The van der Waals surface area contributed by atoms with Crippen molar-refractivity contribution in [2.75, 3.05) is 6.61 Å². The molecule has 3 aromatic rings. The molecule has 7 heteroatoms. The van der Waals surface area contributed by atoms with Crippen molar-refractivity contribution in [2.24, 2.45) is 0 Å². The summed E-state index contributed by atoms with van der Waals surface area (Å²) in [4.78, 5) is 13.2. The van der Waals surface area contributed by atoms with Crippen LogP contribution in [0.5, 0.6) is 0 Å². The van der Waals surface area contributed by atoms with E-state index in [0.29, 0.717) is 0 Å². The number of aromatic nitrogens is 4. The molecular formula is C14H14N4O2S. The highest BCUT2D eigenvalue weighted by atomic mass is 32.1. The van der Waals surface area contributed by atoms with Gasteiger partial charge in [0.15, 0.2) is 5.65 Å². The van der Waals surface area contributed by atoms with Gasteiger partial charge in [-0.05, 0) is 24.3 Å². The maximum atomic E-state index is 9.19. The molecule has 1 saturated heterocycles. The Morgan fingerprint density at radius 3 is 3.05 bits per heavy atom. The minimum Gasteiger partial charge on any atom is -0.394 e. The monoisotopic (exact) mass is 302 g/mol. The van der Waals surface area contributed by atoms with Crippen LogP contribution in [0.3, 0.4) is 0 Å². The lowest BCUT2D eigenvalue weighted by Crippen LogP contribution is -2.14. The Bertz CT molecular complexity index is 756. The molecular weight excluding hydrogens is 288 g/mol. The maximum absolute atomic E-state index is 9.19. The zero-order valence-electron chi connectivity index (χ0n) is 11.2. The van der Waals surface area contributed by atoms with Gasteiger partial charge in [0.25, 0.3) is 0 Å². The third-order valence-corrected chi connectivity index (χ3v) is 4.44.